The van der Waals surface area contributed by atoms with Crippen LogP contribution in [0.3, 0.4) is 0 Å². The largest absolute Gasteiger partial charge is 0.332 e. The fourth-order valence-electron chi connectivity index (χ4n) is 2.38. The van der Waals surface area contributed by atoms with Crippen molar-refractivity contribution in [2.24, 2.45) is 5.73 Å². The van der Waals surface area contributed by atoms with Crippen LogP contribution in [0.1, 0.15) is 37.0 Å². The van der Waals surface area contributed by atoms with E-state index in [-0.39, 0.29) is 17.5 Å². The molecule has 2 rings (SSSR count). The molecule has 1 aromatic rings. The number of halogens is 1. The molecule has 0 aromatic heterocycles. The van der Waals surface area contributed by atoms with Crippen molar-refractivity contribution >= 4 is 17.5 Å². The Labute approximate surface area is 113 Å². The van der Waals surface area contributed by atoms with Crippen molar-refractivity contribution in [2.45, 2.75) is 38.3 Å². The fourth-order valence-corrected chi connectivity index (χ4v) is 2.57. The highest BCUT2D eigenvalue weighted by Gasteiger charge is 2.36. The molecule has 1 unspecified atom stereocenters. The van der Waals surface area contributed by atoms with Gasteiger partial charge in [0.25, 0.3) is 5.91 Å². The molecule has 98 valence electrons. The van der Waals surface area contributed by atoms with Crippen molar-refractivity contribution in [1.29, 1.82) is 0 Å². The Kier molecular flexibility index (Phi) is 3.64. The van der Waals surface area contributed by atoms with Crippen molar-refractivity contribution in [3.05, 3.63) is 34.9 Å². The molecule has 1 atom stereocenters. The summed E-state index contributed by atoms with van der Waals surface area (Å²) in [5, 5.41) is 0.583. The van der Waals surface area contributed by atoms with Crippen molar-refractivity contribution in [3.8, 4) is 0 Å². The van der Waals surface area contributed by atoms with Gasteiger partial charge in [0.2, 0.25) is 0 Å². The van der Waals surface area contributed by atoms with E-state index in [0.29, 0.717) is 17.1 Å². The van der Waals surface area contributed by atoms with E-state index in [9.17, 15) is 4.79 Å². The van der Waals surface area contributed by atoms with Gasteiger partial charge in [-0.2, -0.15) is 0 Å². The SMILES string of the molecule is CC1(C)CCC(N)CN1C(=O)c1cccc(Cl)c1. The first-order valence-corrected chi connectivity index (χ1v) is 6.61. The Morgan fingerprint density at radius 2 is 2.22 bits per heavy atom. The number of carbonyl (C=O) groups excluding carboxylic acids is 1. The molecule has 18 heavy (non-hydrogen) atoms. The number of nitrogens with zero attached hydrogens (tertiary/aromatic N) is 1. The topological polar surface area (TPSA) is 46.3 Å². The lowest BCUT2D eigenvalue weighted by Crippen LogP contribution is -2.56. The minimum Gasteiger partial charge on any atom is -0.332 e. The Morgan fingerprint density at radius 1 is 1.50 bits per heavy atom. The molecule has 2 N–H and O–H groups in total. The number of likely N-dealkylation sites (tertiary alicyclic amines) is 1. The number of nitrogens with two attached hydrogens (primary N) is 1. The molecule has 1 heterocycles. The normalized spacial score (nSPS) is 22.9. The minimum absolute atomic E-state index is 0.0117. The molecular weight excluding hydrogens is 248 g/mol. The summed E-state index contributed by atoms with van der Waals surface area (Å²) in [6.07, 6.45) is 1.90. The van der Waals surface area contributed by atoms with Gasteiger partial charge in [0.1, 0.15) is 0 Å². The average Bonchev–Trinajstić information content (AvgIpc) is 2.31. The van der Waals surface area contributed by atoms with Crippen molar-refractivity contribution in [3.63, 3.8) is 0 Å². The summed E-state index contributed by atoms with van der Waals surface area (Å²) in [6, 6.07) is 7.14. The number of benzene rings is 1. The second-order valence-corrected chi connectivity index (χ2v) is 5.97. The third-order valence-electron chi connectivity index (χ3n) is 3.59. The summed E-state index contributed by atoms with van der Waals surface area (Å²) in [5.41, 5.74) is 6.46. The first kappa shape index (κ1) is 13.4. The van der Waals surface area contributed by atoms with Crippen molar-refractivity contribution in [1.82, 2.24) is 4.90 Å². The monoisotopic (exact) mass is 266 g/mol. The van der Waals surface area contributed by atoms with Crippen LogP contribution in [0.2, 0.25) is 5.02 Å². The predicted octanol–water partition coefficient (Wildman–Crippen LogP) is 2.68. The maximum Gasteiger partial charge on any atom is 0.254 e. The van der Waals surface area contributed by atoms with E-state index in [1.807, 2.05) is 4.90 Å². The van der Waals surface area contributed by atoms with Gasteiger partial charge in [-0.05, 0) is 44.9 Å². The van der Waals surface area contributed by atoms with Crippen LogP contribution < -0.4 is 5.73 Å². The Morgan fingerprint density at radius 3 is 2.89 bits per heavy atom. The van der Waals surface area contributed by atoms with Crippen LogP contribution in [0.15, 0.2) is 24.3 Å². The van der Waals surface area contributed by atoms with Gasteiger partial charge in [0.05, 0.1) is 0 Å². The van der Waals surface area contributed by atoms with Crippen molar-refractivity contribution in [2.75, 3.05) is 6.54 Å². The zero-order chi connectivity index (χ0) is 13.3. The molecule has 1 aliphatic rings. The maximum absolute atomic E-state index is 12.5. The number of hydrogen-bond acceptors (Lipinski definition) is 2. The van der Waals surface area contributed by atoms with E-state index in [0.717, 1.165) is 12.8 Å². The maximum atomic E-state index is 12.5. The summed E-state index contributed by atoms with van der Waals surface area (Å²) in [6.45, 7) is 4.78. The van der Waals surface area contributed by atoms with Crippen LogP contribution in [0.5, 0.6) is 0 Å². The number of rotatable bonds is 1. The molecule has 1 amide bonds. The molecule has 4 heteroatoms. The highest BCUT2D eigenvalue weighted by molar-refractivity contribution is 6.30. The summed E-state index contributed by atoms with van der Waals surface area (Å²) in [7, 11) is 0. The van der Waals surface area contributed by atoms with Gasteiger partial charge in [-0.25, -0.2) is 0 Å². The lowest BCUT2D eigenvalue weighted by atomic mass is 9.87. The molecule has 0 bridgehead atoms. The molecule has 1 saturated heterocycles. The molecule has 1 aromatic carbocycles. The summed E-state index contributed by atoms with van der Waals surface area (Å²) < 4.78 is 0. The highest BCUT2D eigenvalue weighted by atomic mass is 35.5. The van der Waals surface area contributed by atoms with E-state index >= 15 is 0 Å². The Balaban J connectivity index is 2.26. The van der Waals surface area contributed by atoms with Gasteiger partial charge in [-0.3, -0.25) is 4.79 Å². The lowest BCUT2D eigenvalue weighted by Gasteiger charge is -2.44. The summed E-state index contributed by atoms with van der Waals surface area (Å²) in [4.78, 5) is 14.4. The van der Waals surface area contributed by atoms with Crippen LogP contribution in [-0.4, -0.2) is 28.9 Å². The minimum atomic E-state index is -0.144. The molecular formula is C14H19ClN2O. The molecule has 0 saturated carbocycles. The number of piperidine rings is 1. The zero-order valence-corrected chi connectivity index (χ0v) is 11.6. The molecule has 0 spiro atoms. The van der Waals surface area contributed by atoms with E-state index in [2.05, 4.69) is 13.8 Å². The van der Waals surface area contributed by atoms with E-state index < -0.39 is 0 Å². The first-order chi connectivity index (χ1) is 8.40. The lowest BCUT2D eigenvalue weighted by molar-refractivity contribution is 0.0395. The van der Waals surface area contributed by atoms with E-state index in [4.69, 9.17) is 17.3 Å². The highest BCUT2D eigenvalue weighted by Crippen LogP contribution is 2.28. The predicted molar refractivity (Wildman–Crippen MR) is 73.8 cm³/mol. The third-order valence-corrected chi connectivity index (χ3v) is 3.83. The van der Waals surface area contributed by atoms with Crippen LogP contribution in [-0.2, 0) is 0 Å². The van der Waals surface area contributed by atoms with Crippen molar-refractivity contribution < 1.29 is 4.79 Å². The fraction of sp³-hybridized carbons (Fsp3) is 0.500. The molecule has 0 radical (unpaired) electrons. The van der Waals surface area contributed by atoms with Gasteiger partial charge in [0, 0.05) is 28.7 Å². The first-order valence-electron chi connectivity index (χ1n) is 6.23. The quantitative estimate of drug-likeness (QED) is 0.850. The van der Waals surface area contributed by atoms with Crippen LogP contribution in [0, 0.1) is 0 Å². The number of carbonyl (C=O) groups is 1. The molecule has 1 aliphatic heterocycles. The average molecular weight is 267 g/mol. The molecule has 3 nitrogen and oxygen atoms in total. The van der Waals surface area contributed by atoms with Gasteiger partial charge < -0.3 is 10.6 Å². The Bertz CT molecular complexity index is 459. The van der Waals surface area contributed by atoms with Crippen LogP contribution in [0.4, 0.5) is 0 Å². The zero-order valence-electron chi connectivity index (χ0n) is 10.8. The third kappa shape index (κ3) is 2.68. The van der Waals surface area contributed by atoms with Gasteiger partial charge in [0.15, 0.2) is 0 Å². The Hall–Kier alpha value is -1.06. The number of hydrogen-bond donors (Lipinski definition) is 1. The van der Waals surface area contributed by atoms with Gasteiger partial charge in [-0.1, -0.05) is 17.7 Å². The van der Waals surface area contributed by atoms with Crippen LogP contribution >= 0.6 is 11.6 Å². The molecule has 1 fully saturated rings. The van der Waals surface area contributed by atoms with Gasteiger partial charge in [-0.15, -0.1) is 0 Å². The standard InChI is InChI=1S/C14H19ClN2O/c1-14(2)7-6-12(16)9-17(14)13(18)10-4-3-5-11(15)8-10/h3-5,8,12H,6-7,9,16H2,1-2H3. The summed E-state index contributed by atoms with van der Waals surface area (Å²) in [5.74, 6) is 0.0117. The van der Waals surface area contributed by atoms with Crippen LogP contribution in [0.25, 0.3) is 0 Å². The summed E-state index contributed by atoms with van der Waals surface area (Å²) >= 11 is 5.93. The van der Waals surface area contributed by atoms with E-state index in [1.54, 1.807) is 24.3 Å². The second-order valence-electron chi connectivity index (χ2n) is 5.54. The molecule has 0 aliphatic carbocycles. The van der Waals surface area contributed by atoms with E-state index in [1.165, 1.54) is 0 Å². The second kappa shape index (κ2) is 4.90. The smallest absolute Gasteiger partial charge is 0.254 e. The number of amides is 1. The van der Waals surface area contributed by atoms with Gasteiger partial charge >= 0.3 is 0 Å².